The van der Waals surface area contributed by atoms with Crippen molar-refractivity contribution in [1.82, 2.24) is 5.43 Å². The molecule has 0 fully saturated rings. The number of benzene rings is 1. The Kier molecular flexibility index (Phi) is 6.31. The molecule has 1 atom stereocenters. The predicted octanol–water partition coefficient (Wildman–Crippen LogP) is 2.31. The standard InChI is InChI=1S/C12H15F5N2O/c13-9-3-8(4-10(14)6-9)5-11(19-18)1-2-20-7-12(15,16)17/h3-4,6,11,19H,1-2,5,7,18H2. The zero-order valence-electron chi connectivity index (χ0n) is 10.5. The van der Waals surface area contributed by atoms with Gasteiger partial charge in [0, 0.05) is 18.7 Å². The van der Waals surface area contributed by atoms with E-state index in [2.05, 4.69) is 10.2 Å². The van der Waals surface area contributed by atoms with Gasteiger partial charge in [0.15, 0.2) is 0 Å². The highest BCUT2D eigenvalue weighted by Crippen LogP contribution is 2.15. The van der Waals surface area contributed by atoms with Gasteiger partial charge in [-0.05, 0) is 30.5 Å². The molecule has 0 spiro atoms. The second kappa shape index (κ2) is 7.51. The van der Waals surface area contributed by atoms with Gasteiger partial charge in [-0.25, -0.2) is 8.78 Å². The average Bonchev–Trinajstić information content (AvgIpc) is 2.30. The first-order valence-electron chi connectivity index (χ1n) is 5.86. The van der Waals surface area contributed by atoms with Crippen molar-refractivity contribution in [2.75, 3.05) is 13.2 Å². The normalized spacial score (nSPS) is 13.5. The van der Waals surface area contributed by atoms with Crippen LogP contribution in [0.4, 0.5) is 22.0 Å². The Hall–Kier alpha value is -1.25. The Balaban J connectivity index is 2.43. The topological polar surface area (TPSA) is 47.3 Å². The molecule has 1 aromatic rings. The molecule has 8 heteroatoms. The minimum Gasteiger partial charge on any atom is -0.372 e. The molecule has 20 heavy (non-hydrogen) atoms. The summed E-state index contributed by atoms with van der Waals surface area (Å²) < 4.78 is 66.0. The monoisotopic (exact) mass is 298 g/mol. The van der Waals surface area contributed by atoms with E-state index in [4.69, 9.17) is 5.84 Å². The Morgan fingerprint density at radius 2 is 1.75 bits per heavy atom. The molecule has 0 saturated heterocycles. The van der Waals surface area contributed by atoms with Crippen molar-refractivity contribution in [1.29, 1.82) is 0 Å². The number of halogens is 5. The third-order valence-electron chi connectivity index (χ3n) is 2.52. The fraction of sp³-hybridized carbons (Fsp3) is 0.500. The van der Waals surface area contributed by atoms with Crippen molar-refractivity contribution >= 4 is 0 Å². The quantitative estimate of drug-likeness (QED) is 0.351. The number of rotatable bonds is 7. The molecular weight excluding hydrogens is 283 g/mol. The minimum atomic E-state index is -4.38. The van der Waals surface area contributed by atoms with Crippen LogP contribution in [-0.4, -0.2) is 25.4 Å². The van der Waals surface area contributed by atoms with Crippen LogP contribution < -0.4 is 11.3 Å². The van der Waals surface area contributed by atoms with Gasteiger partial charge in [-0.3, -0.25) is 11.3 Å². The summed E-state index contributed by atoms with van der Waals surface area (Å²) in [6.07, 6.45) is -4.01. The van der Waals surface area contributed by atoms with E-state index >= 15 is 0 Å². The first-order valence-corrected chi connectivity index (χ1v) is 5.86. The summed E-state index contributed by atoms with van der Waals surface area (Å²) in [6, 6.07) is 2.58. The van der Waals surface area contributed by atoms with Gasteiger partial charge in [-0.15, -0.1) is 0 Å². The molecule has 0 heterocycles. The zero-order chi connectivity index (χ0) is 15.2. The highest BCUT2D eigenvalue weighted by atomic mass is 19.4. The summed E-state index contributed by atoms with van der Waals surface area (Å²) in [4.78, 5) is 0. The molecule has 0 bridgehead atoms. The van der Waals surface area contributed by atoms with Gasteiger partial charge in [-0.1, -0.05) is 0 Å². The number of nitrogens with two attached hydrogens (primary N) is 1. The van der Waals surface area contributed by atoms with Gasteiger partial charge in [0.25, 0.3) is 0 Å². The highest BCUT2D eigenvalue weighted by molar-refractivity contribution is 5.18. The molecule has 0 saturated carbocycles. The van der Waals surface area contributed by atoms with Crippen LogP contribution in [0.1, 0.15) is 12.0 Å². The van der Waals surface area contributed by atoms with Crippen molar-refractivity contribution in [2.24, 2.45) is 5.84 Å². The molecule has 114 valence electrons. The van der Waals surface area contributed by atoms with Crippen molar-refractivity contribution in [3.8, 4) is 0 Å². The van der Waals surface area contributed by atoms with Crippen LogP contribution in [0.2, 0.25) is 0 Å². The van der Waals surface area contributed by atoms with Crippen molar-refractivity contribution < 1.29 is 26.7 Å². The van der Waals surface area contributed by atoms with Gasteiger partial charge >= 0.3 is 6.18 Å². The molecule has 0 aliphatic rings. The Bertz CT molecular complexity index is 405. The number of hydrogen-bond donors (Lipinski definition) is 2. The summed E-state index contributed by atoms with van der Waals surface area (Å²) in [5.41, 5.74) is 2.74. The third kappa shape index (κ3) is 6.78. The number of ether oxygens (including phenoxy) is 1. The molecule has 0 aliphatic carbocycles. The van der Waals surface area contributed by atoms with Crippen LogP contribution in [0, 0.1) is 11.6 Å². The summed E-state index contributed by atoms with van der Waals surface area (Å²) in [6.45, 7) is -1.49. The highest BCUT2D eigenvalue weighted by Gasteiger charge is 2.27. The largest absolute Gasteiger partial charge is 0.411 e. The maximum Gasteiger partial charge on any atom is 0.411 e. The van der Waals surface area contributed by atoms with Crippen LogP contribution in [0.3, 0.4) is 0 Å². The molecular formula is C12H15F5N2O. The number of hydrogen-bond acceptors (Lipinski definition) is 3. The fourth-order valence-corrected chi connectivity index (χ4v) is 1.67. The summed E-state index contributed by atoms with van der Waals surface area (Å²) in [7, 11) is 0. The van der Waals surface area contributed by atoms with Gasteiger partial charge in [0.05, 0.1) is 0 Å². The van der Waals surface area contributed by atoms with Crippen molar-refractivity contribution in [2.45, 2.75) is 25.1 Å². The maximum absolute atomic E-state index is 13.0. The fourth-order valence-electron chi connectivity index (χ4n) is 1.67. The summed E-state index contributed by atoms with van der Waals surface area (Å²) >= 11 is 0. The van der Waals surface area contributed by atoms with Crippen LogP contribution >= 0.6 is 0 Å². The molecule has 0 aliphatic heterocycles. The number of alkyl halides is 3. The lowest BCUT2D eigenvalue weighted by atomic mass is 10.0. The lowest BCUT2D eigenvalue weighted by Gasteiger charge is -2.16. The lowest BCUT2D eigenvalue weighted by molar-refractivity contribution is -0.174. The Morgan fingerprint density at radius 3 is 2.25 bits per heavy atom. The molecule has 0 aromatic heterocycles. The first-order chi connectivity index (χ1) is 9.30. The Morgan fingerprint density at radius 1 is 1.15 bits per heavy atom. The molecule has 3 N–H and O–H groups in total. The summed E-state index contributed by atoms with van der Waals surface area (Å²) in [5.74, 6) is 3.81. The van der Waals surface area contributed by atoms with E-state index in [0.717, 1.165) is 18.2 Å². The van der Waals surface area contributed by atoms with E-state index in [0.29, 0.717) is 5.56 Å². The Labute approximate surface area is 112 Å². The van der Waals surface area contributed by atoms with E-state index in [1.807, 2.05) is 0 Å². The van der Waals surface area contributed by atoms with E-state index in [9.17, 15) is 22.0 Å². The van der Waals surface area contributed by atoms with Crippen molar-refractivity contribution in [3.05, 3.63) is 35.4 Å². The first kappa shape index (κ1) is 16.8. The van der Waals surface area contributed by atoms with E-state index in [-0.39, 0.29) is 19.4 Å². The molecule has 3 nitrogen and oxygen atoms in total. The molecule has 0 amide bonds. The number of hydrazine groups is 1. The molecule has 1 aromatic carbocycles. The van der Waals surface area contributed by atoms with Crippen LogP contribution in [0.15, 0.2) is 18.2 Å². The second-order valence-corrected chi connectivity index (χ2v) is 4.30. The van der Waals surface area contributed by atoms with E-state index in [1.165, 1.54) is 0 Å². The zero-order valence-corrected chi connectivity index (χ0v) is 10.5. The van der Waals surface area contributed by atoms with E-state index < -0.39 is 30.5 Å². The lowest BCUT2D eigenvalue weighted by Crippen LogP contribution is -2.38. The smallest absolute Gasteiger partial charge is 0.372 e. The molecule has 1 unspecified atom stereocenters. The van der Waals surface area contributed by atoms with Gasteiger partial charge in [0.1, 0.15) is 18.2 Å². The molecule has 0 radical (unpaired) electrons. The third-order valence-corrected chi connectivity index (χ3v) is 2.52. The van der Waals surface area contributed by atoms with E-state index in [1.54, 1.807) is 0 Å². The average molecular weight is 298 g/mol. The molecule has 1 rings (SSSR count). The van der Waals surface area contributed by atoms with Crippen LogP contribution in [0.5, 0.6) is 0 Å². The van der Waals surface area contributed by atoms with Gasteiger partial charge < -0.3 is 4.74 Å². The van der Waals surface area contributed by atoms with Crippen LogP contribution in [0.25, 0.3) is 0 Å². The second-order valence-electron chi connectivity index (χ2n) is 4.30. The maximum atomic E-state index is 13.0. The predicted molar refractivity (Wildman–Crippen MR) is 62.7 cm³/mol. The minimum absolute atomic E-state index is 0.161. The van der Waals surface area contributed by atoms with Gasteiger partial charge in [0.2, 0.25) is 0 Å². The summed E-state index contributed by atoms with van der Waals surface area (Å²) in [5, 5.41) is 0. The SMILES string of the molecule is NNC(CCOCC(F)(F)F)Cc1cc(F)cc(F)c1. The van der Waals surface area contributed by atoms with Crippen molar-refractivity contribution in [3.63, 3.8) is 0 Å². The number of nitrogens with one attached hydrogen (secondary N) is 1. The van der Waals surface area contributed by atoms with Gasteiger partial charge in [-0.2, -0.15) is 13.2 Å². The van der Waals surface area contributed by atoms with Crippen LogP contribution in [-0.2, 0) is 11.2 Å².